The summed E-state index contributed by atoms with van der Waals surface area (Å²) in [4.78, 5) is 16.5. The van der Waals surface area contributed by atoms with E-state index in [1.807, 2.05) is 7.05 Å². The predicted molar refractivity (Wildman–Crippen MR) is 69.3 cm³/mol. The lowest BCUT2D eigenvalue weighted by Gasteiger charge is -2.37. The molecule has 0 amide bonds. The number of likely N-dealkylation sites (N-methyl/N-ethyl adjacent to an activating group) is 2. The Balaban J connectivity index is 2.02. The van der Waals surface area contributed by atoms with Gasteiger partial charge in [-0.1, -0.05) is 12.1 Å². The predicted octanol–water partition coefficient (Wildman–Crippen LogP) is 1.64. The lowest BCUT2D eigenvalue weighted by Crippen LogP contribution is -2.50. The summed E-state index contributed by atoms with van der Waals surface area (Å²) in [6.45, 7) is 2.89. The number of Topliss-reactive ketones (excluding diaryl/α,β-unsaturated/α-hetero) is 1. The second kappa shape index (κ2) is 5.59. The van der Waals surface area contributed by atoms with Gasteiger partial charge in [0.1, 0.15) is 5.82 Å². The fourth-order valence-corrected chi connectivity index (χ4v) is 2.32. The summed E-state index contributed by atoms with van der Waals surface area (Å²) >= 11 is 0. The van der Waals surface area contributed by atoms with E-state index in [1.54, 1.807) is 12.1 Å². The molecule has 18 heavy (non-hydrogen) atoms. The molecule has 0 spiro atoms. The van der Waals surface area contributed by atoms with Crippen LogP contribution in [0.2, 0.25) is 0 Å². The number of hydrogen-bond acceptors (Lipinski definition) is 3. The maximum absolute atomic E-state index is 13.1. The maximum atomic E-state index is 13.1. The highest BCUT2D eigenvalue weighted by Gasteiger charge is 2.24. The number of carbonyl (C=O) groups is 1. The maximum Gasteiger partial charge on any atom is 0.164 e. The van der Waals surface area contributed by atoms with E-state index in [0.29, 0.717) is 12.0 Å². The Bertz CT molecular complexity index is 436. The fourth-order valence-electron chi connectivity index (χ4n) is 2.32. The third-order valence-electron chi connectivity index (χ3n) is 3.55. The first-order valence-electron chi connectivity index (χ1n) is 6.24. The Kier molecular flexibility index (Phi) is 4.09. The van der Waals surface area contributed by atoms with E-state index in [4.69, 9.17) is 0 Å². The van der Waals surface area contributed by atoms with Crippen molar-refractivity contribution >= 4 is 5.78 Å². The van der Waals surface area contributed by atoms with Crippen LogP contribution in [-0.4, -0.2) is 55.4 Å². The van der Waals surface area contributed by atoms with Gasteiger partial charge in [0.05, 0.1) is 0 Å². The smallest absolute Gasteiger partial charge is 0.164 e. The monoisotopic (exact) mass is 250 g/mol. The third-order valence-corrected chi connectivity index (χ3v) is 3.55. The minimum absolute atomic E-state index is 0.0154. The standard InChI is InChI=1S/C14H19FN2O/c1-16-6-7-17(2)13(10-16)9-14(18)11-4-3-5-12(15)8-11/h3-5,8,13H,6-7,9-10H2,1-2H3. The topological polar surface area (TPSA) is 23.6 Å². The molecule has 1 atom stereocenters. The summed E-state index contributed by atoms with van der Waals surface area (Å²) in [6, 6.07) is 6.16. The van der Waals surface area contributed by atoms with E-state index >= 15 is 0 Å². The summed E-state index contributed by atoms with van der Waals surface area (Å²) in [5, 5.41) is 0. The molecule has 98 valence electrons. The van der Waals surface area contributed by atoms with Crippen LogP contribution < -0.4 is 0 Å². The average molecular weight is 250 g/mol. The lowest BCUT2D eigenvalue weighted by atomic mass is 10.0. The largest absolute Gasteiger partial charge is 0.304 e. The Morgan fingerprint density at radius 2 is 2.17 bits per heavy atom. The van der Waals surface area contributed by atoms with E-state index in [0.717, 1.165) is 19.6 Å². The zero-order valence-corrected chi connectivity index (χ0v) is 10.9. The highest BCUT2D eigenvalue weighted by molar-refractivity contribution is 5.96. The van der Waals surface area contributed by atoms with E-state index in [9.17, 15) is 9.18 Å². The molecule has 0 aromatic heterocycles. The quantitative estimate of drug-likeness (QED) is 0.762. The number of carbonyl (C=O) groups excluding carboxylic acids is 1. The number of nitrogens with zero attached hydrogens (tertiary/aromatic N) is 2. The van der Waals surface area contributed by atoms with Crippen LogP contribution >= 0.6 is 0 Å². The van der Waals surface area contributed by atoms with Crippen LogP contribution in [-0.2, 0) is 0 Å². The van der Waals surface area contributed by atoms with Crippen LogP contribution in [0.4, 0.5) is 4.39 Å². The Labute approximate surface area is 107 Å². The summed E-state index contributed by atoms with van der Waals surface area (Å²) in [5.74, 6) is -0.336. The number of benzene rings is 1. The molecular weight excluding hydrogens is 231 g/mol. The van der Waals surface area contributed by atoms with Gasteiger partial charge < -0.3 is 9.80 Å². The van der Waals surface area contributed by atoms with Crippen molar-refractivity contribution in [1.29, 1.82) is 0 Å². The van der Waals surface area contributed by atoms with E-state index < -0.39 is 0 Å². The first-order chi connectivity index (χ1) is 8.56. The molecule has 0 radical (unpaired) electrons. The highest BCUT2D eigenvalue weighted by Crippen LogP contribution is 2.14. The molecule has 3 nitrogen and oxygen atoms in total. The van der Waals surface area contributed by atoms with Crippen LogP contribution in [0.5, 0.6) is 0 Å². The number of ketones is 1. The van der Waals surface area contributed by atoms with Crippen molar-refractivity contribution in [3.05, 3.63) is 35.6 Å². The average Bonchev–Trinajstić information content (AvgIpc) is 2.34. The van der Waals surface area contributed by atoms with Gasteiger partial charge in [0.2, 0.25) is 0 Å². The van der Waals surface area contributed by atoms with Crippen LogP contribution in [0, 0.1) is 5.82 Å². The molecule has 1 heterocycles. The van der Waals surface area contributed by atoms with Gasteiger partial charge in [-0.15, -0.1) is 0 Å². The zero-order valence-electron chi connectivity index (χ0n) is 10.9. The Morgan fingerprint density at radius 3 is 2.89 bits per heavy atom. The van der Waals surface area contributed by atoms with Crippen LogP contribution in [0.25, 0.3) is 0 Å². The fraction of sp³-hybridized carbons (Fsp3) is 0.500. The molecule has 1 saturated heterocycles. The number of piperazine rings is 1. The van der Waals surface area contributed by atoms with Gasteiger partial charge in [0.25, 0.3) is 0 Å². The Morgan fingerprint density at radius 1 is 1.39 bits per heavy atom. The van der Waals surface area contributed by atoms with Crippen molar-refractivity contribution in [2.24, 2.45) is 0 Å². The zero-order chi connectivity index (χ0) is 13.1. The molecule has 1 unspecified atom stereocenters. The second-order valence-corrected chi connectivity index (χ2v) is 5.03. The third kappa shape index (κ3) is 3.15. The van der Waals surface area contributed by atoms with Gasteiger partial charge in [-0.3, -0.25) is 4.79 Å². The molecule has 0 N–H and O–H groups in total. The summed E-state index contributed by atoms with van der Waals surface area (Å²) in [5.41, 5.74) is 0.469. The SMILES string of the molecule is CN1CCN(C)C(CC(=O)c2cccc(F)c2)C1. The number of rotatable bonds is 3. The van der Waals surface area contributed by atoms with Crippen molar-refractivity contribution in [3.8, 4) is 0 Å². The van der Waals surface area contributed by atoms with Crippen molar-refractivity contribution in [2.75, 3.05) is 33.7 Å². The first kappa shape index (κ1) is 13.2. The van der Waals surface area contributed by atoms with E-state index in [2.05, 4.69) is 16.8 Å². The van der Waals surface area contributed by atoms with Gasteiger partial charge >= 0.3 is 0 Å². The lowest BCUT2D eigenvalue weighted by molar-refractivity contribution is 0.0809. The molecule has 4 heteroatoms. The Hall–Kier alpha value is -1.26. The number of hydrogen-bond donors (Lipinski definition) is 0. The molecule has 0 aliphatic carbocycles. The molecule has 1 aromatic rings. The minimum atomic E-state index is -0.352. The van der Waals surface area contributed by atoms with Gasteiger partial charge in [-0.2, -0.15) is 0 Å². The van der Waals surface area contributed by atoms with Gasteiger partial charge in [-0.25, -0.2) is 4.39 Å². The van der Waals surface area contributed by atoms with Gasteiger partial charge in [0, 0.05) is 37.7 Å². The molecule has 2 rings (SSSR count). The van der Waals surface area contributed by atoms with Crippen molar-refractivity contribution in [3.63, 3.8) is 0 Å². The summed E-state index contributed by atoms with van der Waals surface area (Å²) in [6.07, 6.45) is 0.449. The van der Waals surface area contributed by atoms with E-state index in [1.165, 1.54) is 12.1 Å². The summed E-state index contributed by atoms with van der Waals surface area (Å²) < 4.78 is 13.1. The van der Waals surface area contributed by atoms with Crippen LogP contribution in [0.15, 0.2) is 24.3 Å². The van der Waals surface area contributed by atoms with Crippen LogP contribution in [0.3, 0.4) is 0 Å². The molecule has 0 bridgehead atoms. The molecule has 1 aromatic carbocycles. The van der Waals surface area contributed by atoms with Gasteiger partial charge in [-0.05, 0) is 26.2 Å². The molecule has 1 aliphatic rings. The molecule has 0 saturated carbocycles. The minimum Gasteiger partial charge on any atom is -0.304 e. The molecular formula is C14H19FN2O. The number of halogens is 1. The van der Waals surface area contributed by atoms with Crippen molar-refractivity contribution in [2.45, 2.75) is 12.5 Å². The van der Waals surface area contributed by atoms with Crippen LogP contribution in [0.1, 0.15) is 16.8 Å². The second-order valence-electron chi connectivity index (χ2n) is 5.03. The first-order valence-corrected chi connectivity index (χ1v) is 6.24. The normalized spacial score (nSPS) is 22.1. The van der Waals surface area contributed by atoms with Crippen molar-refractivity contribution in [1.82, 2.24) is 9.80 Å². The van der Waals surface area contributed by atoms with Crippen molar-refractivity contribution < 1.29 is 9.18 Å². The molecule has 1 aliphatic heterocycles. The van der Waals surface area contributed by atoms with Gasteiger partial charge in [0.15, 0.2) is 5.78 Å². The molecule has 1 fully saturated rings. The highest BCUT2D eigenvalue weighted by atomic mass is 19.1. The van der Waals surface area contributed by atoms with E-state index in [-0.39, 0.29) is 17.6 Å². The summed E-state index contributed by atoms with van der Waals surface area (Å²) in [7, 11) is 4.10.